The van der Waals surface area contributed by atoms with Crippen molar-refractivity contribution in [2.45, 2.75) is 26.7 Å². The Bertz CT molecular complexity index is 364. The number of hydrogen-bond donors (Lipinski definition) is 0. The van der Waals surface area contributed by atoms with Crippen LogP contribution in [0.1, 0.15) is 26.7 Å². The normalized spacial score (nSPS) is 42.9. The minimum Gasteiger partial charge on any atom is -0.550 e. The minimum atomic E-state index is -1.29. The molecule has 76 valence electrons. The molecule has 2 aliphatic rings. The van der Waals surface area contributed by atoms with Crippen molar-refractivity contribution in [1.29, 1.82) is 0 Å². The number of rotatable bonds is 1. The zero-order valence-electron chi connectivity index (χ0n) is 9.12. The largest absolute Gasteiger partial charge is 1.00 e. The van der Waals surface area contributed by atoms with Gasteiger partial charge in [-0.25, -0.2) is 0 Å². The van der Waals surface area contributed by atoms with Crippen molar-refractivity contribution in [2.24, 2.45) is 16.7 Å². The van der Waals surface area contributed by atoms with E-state index in [1.807, 2.05) is 0 Å². The van der Waals surface area contributed by atoms with E-state index in [-0.39, 0.29) is 18.9 Å². The first-order valence-electron chi connectivity index (χ1n) is 4.66. The van der Waals surface area contributed by atoms with Gasteiger partial charge in [-0.1, -0.05) is 13.8 Å². The molecule has 0 amide bonds. The second kappa shape index (κ2) is 3.20. The molecule has 2 aliphatic carbocycles. The minimum absolute atomic E-state index is 0. The molecule has 2 rings (SSSR count). The third-order valence-electron chi connectivity index (χ3n) is 4.24. The molecule has 0 saturated heterocycles. The fraction of sp³-hybridized carbons (Fsp3) is 0.700. The SMILES string of the molecule is CC12CCC(C(=O)C1=O)C2(C)C(=O)[O-].[Li+]. The molecule has 0 aromatic carbocycles. The molecule has 15 heavy (non-hydrogen) atoms. The Morgan fingerprint density at radius 1 is 1.40 bits per heavy atom. The zero-order valence-corrected chi connectivity index (χ0v) is 9.12. The van der Waals surface area contributed by atoms with Gasteiger partial charge in [0.05, 0.1) is 0 Å². The van der Waals surface area contributed by atoms with Crippen LogP contribution in [0.5, 0.6) is 0 Å². The first kappa shape index (κ1) is 12.5. The van der Waals surface area contributed by atoms with Crippen LogP contribution < -0.4 is 24.0 Å². The van der Waals surface area contributed by atoms with E-state index in [2.05, 4.69) is 0 Å². The third kappa shape index (κ3) is 1.07. The first-order valence-corrected chi connectivity index (χ1v) is 4.66. The van der Waals surface area contributed by atoms with Crippen LogP contribution in [-0.2, 0) is 14.4 Å². The molecule has 2 bridgehead atoms. The Kier molecular flexibility index (Phi) is 2.66. The topological polar surface area (TPSA) is 74.3 Å². The summed E-state index contributed by atoms with van der Waals surface area (Å²) in [6.45, 7) is 3.03. The number of carbonyl (C=O) groups excluding carboxylic acids is 3. The van der Waals surface area contributed by atoms with Crippen LogP contribution >= 0.6 is 0 Å². The molecule has 0 aromatic rings. The van der Waals surface area contributed by atoms with Gasteiger partial charge in [-0.2, -0.15) is 0 Å². The molecule has 4 nitrogen and oxygen atoms in total. The quantitative estimate of drug-likeness (QED) is 0.324. The van der Waals surface area contributed by atoms with Gasteiger partial charge in [0.15, 0.2) is 0 Å². The van der Waals surface area contributed by atoms with Crippen molar-refractivity contribution in [2.75, 3.05) is 0 Å². The van der Waals surface area contributed by atoms with Crippen LogP contribution in [0.4, 0.5) is 0 Å². The molecule has 0 radical (unpaired) electrons. The smallest absolute Gasteiger partial charge is 0.550 e. The fourth-order valence-electron chi connectivity index (χ4n) is 2.91. The Morgan fingerprint density at radius 3 is 2.20 bits per heavy atom. The molecule has 0 N–H and O–H groups in total. The van der Waals surface area contributed by atoms with Gasteiger partial charge >= 0.3 is 18.9 Å². The van der Waals surface area contributed by atoms with Crippen molar-refractivity contribution in [3.8, 4) is 0 Å². The van der Waals surface area contributed by atoms with Crippen LogP contribution in [0.2, 0.25) is 0 Å². The maximum absolute atomic E-state index is 11.6. The maximum atomic E-state index is 11.6. The third-order valence-corrected chi connectivity index (χ3v) is 4.24. The van der Waals surface area contributed by atoms with Crippen molar-refractivity contribution in [1.82, 2.24) is 0 Å². The zero-order chi connectivity index (χ0) is 10.7. The summed E-state index contributed by atoms with van der Waals surface area (Å²) in [4.78, 5) is 34.1. The molecular formula is C10H11LiO4. The summed E-state index contributed by atoms with van der Waals surface area (Å²) in [6.07, 6.45) is 0.971. The molecule has 0 spiro atoms. The monoisotopic (exact) mass is 202 g/mol. The summed E-state index contributed by atoms with van der Waals surface area (Å²) in [6, 6.07) is 0. The molecule has 0 heterocycles. The summed E-state index contributed by atoms with van der Waals surface area (Å²) in [7, 11) is 0. The average Bonchev–Trinajstić information content (AvgIpc) is 2.45. The summed E-state index contributed by atoms with van der Waals surface area (Å²) in [5.74, 6) is -2.99. The number of carbonyl (C=O) groups is 3. The van der Waals surface area contributed by atoms with E-state index >= 15 is 0 Å². The van der Waals surface area contributed by atoms with E-state index in [1.54, 1.807) is 6.92 Å². The Hall–Kier alpha value is -0.593. The van der Waals surface area contributed by atoms with Gasteiger partial charge < -0.3 is 9.90 Å². The predicted molar refractivity (Wildman–Crippen MR) is 44.0 cm³/mol. The van der Waals surface area contributed by atoms with Crippen LogP contribution in [-0.4, -0.2) is 17.5 Å². The summed E-state index contributed by atoms with van der Waals surface area (Å²) in [5, 5.41) is 11.1. The van der Waals surface area contributed by atoms with E-state index in [0.717, 1.165) is 0 Å². The van der Waals surface area contributed by atoms with Gasteiger partial charge in [0, 0.05) is 22.7 Å². The van der Waals surface area contributed by atoms with E-state index in [0.29, 0.717) is 12.8 Å². The van der Waals surface area contributed by atoms with Crippen molar-refractivity contribution in [3.63, 3.8) is 0 Å². The predicted octanol–water partition coefficient (Wildman–Crippen LogP) is -3.69. The van der Waals surface area contributed by atoms with Gasteiger partial charge in [0.1, 0.15) is 0 Å². The van der Waals surface area contributed by atoms with Gasteiger partial charge in [0.2, 0.25) is 11.6 Å². The van der Waals surface area contributed by atoms with Crippen LogP contribution in [0.3, 0.4) is 0 Å². The fourth-order valence-corrected chi connectivity index (χ4v) is 2.91. The van der Waals surface area contributed by atoms with Crippen molar-refractivity contribution in [3.05, 3.63) is 0 Å². The van der Waals surface area contributed by atoms with Gasteiger partial charge in [-0.15, -0.1) is 0 Å². The molecule has 3 unspecified atom stereocenters. The number of fused-ring (bicyclic) bond motifs is 2. The van der Waals surface area contributed by atoms with Crippen LogP contribution in [0, 0.1) is 16.7 Å². The standard InChI is InChI=1S/C10H12O4.Li/c1-9-4-3-5(6(11)7(9)12)10(9,2)8(13)14;/h5H,3-4H2,1-2H3,(H,13,14);/q;+1/p-1. The second-order valence-electron chi connectivity index (χ2n) is 4.61. The number of carboxylic acid groups (broad SMARTS) is 1. The van der Waals surface area contributed by atoms with Crippen LogP contribution in [0.15, 0.2) is 0 Å². The van der Waals surface area contributed by atoms with E-state index < -0.39 is 34.3 Å². The Morgan fingerprint density at radius 2 is 1.93 bits per heavy atom. The van der Waals surface area contributed by atoms with Gasteiger partial charge in [0.25, 0.3) is 0 Å². The second-order valence-corrected chi connectivity index (χ2v) is 4.61. The Balaban J connectivity index is 0.00000112. The maximum Gasteiger partial charge on any atom is 1.00 e. The number of aliphatic carboxylic acids is 1. The van der Waals surface area contributed by atoms with Crippen LogP contribution in [0.25, 0.3) is 0 Å². The van der Waals surface area contributed by atoms with Crippen molar-refractivity contribution >= 4 is 17.5 Å². The molecule has 2 saturated carbocycles. The average molecular weight is 202 g/mol. The van der Waals surface area contributed by atoms with E-state index in [4.69, 9.17) is 0 Å². The van der Waals surface area contributed by atoms with E-state index in [9.17, 15) is 19.5 Å². The summed E-state index contributed by atoms with van der Waals surface area (Å²) in [5.41, 5.74) is -2.32. The molecule has 5 heteroatoms. The molecule has 0 aromatic heterocycles. The summed E-state index contributed by atoms with van der Waals surface area (Å²) < 4.78 is 0. The Labute approximate surface area is 99.6 Å². The summed E-state index contributed by atoms with van der Waals surface area (Å²) >= 11 is 0. The molecule has 2 fully saturated rings. The first-order chi connectivity index (χ1) is 6.35. The molecule has 3 atom stereocenters. The van der Waals surface area contributed by atoms with Crippen molar-refractivity contribution < 1.29 is 38.4 Å². The number of Topliss-reactive ketones (excluding diaryl/α,β-unsaturated/α-hetero) is 2. The van der Waals surface area contributed by atoms with Gasteiger partial charge in [-0.3, -0.25) is 9.59 Å². The molecule has 0 aliphatic heterocycles. The van der Waals surface area contributed by atoms with E-state index in [1.165, 1.54) is 6.92 Å². The molecular weight excluding hydrogens is 191 g/mol. The number of carboxylic acids is 1. The number of ketones is 2. The van der Waals surface area contributed by atoms with Gasteiger partial charge in [-0.05, 0) is 12.8 Å². The number of hydrogen-bond acceptors (Lipinski definition) is 4.